The van der Waals surface area contributed by atoms with Gasteiger partial charge >= 0.3 is 0 Å². The summed E-state index contributed by atoms with van der Waals surface area (Å²) in [5.41, 5.74) is 3.91. The molecule has 1 N–H and O–H groups in total. The zero-order valence-electron chi connectivity index (χ0n) is 13.3. The average molecular weight is 307 g/mol. The second kappa shape index (κ2) is 7.20. The Morgan fingerprint density at radius 3 is 2.57 bits per heavy atom. The van der Waals surface area contributed by atoms with E-state index in [4.69, 9.17) is 4.99 Å². The van der Waals surface area contributed by atoms with Crippen LogP contribution in [0.15, 0.2) is 59.6 Å². The number of rotatable bonds is 1. The van der Waals surface area contributed by atoms with Gasteiger partial charge in [-0.25, -0.2) is 0 Å². The van der Waals surface area contributed by atoms with Crippen molar-refractivity contribution >= 4 is 17.3 Å². The van der Waals surface area contributed by atoms with Gasteiger partial charge in [0.05, 0.1) is 17.9 Å². The smallest absolute Gasteiger partial charge is 0.228 e. The van der Waals surface area contributed by atoms with Crippen LogP contribution < -0.4 is 10.2 Å². The molecule has 0 unspecified atom stereocenters. The van der Waals surface area contributed by atoms with Crippen LogP contribution in [-0.4, -0.2) is 38.3 Å². The van der Waals surface area contributed by atoms with E-state index in [1.54, 1.807) is 4.90 Å². The number of benzene rings is 2. The lowest BCUT2D eigenvalue weighted by Crippen LogP contribution is -2.30. The highest BCUT2D eigenvalue weighted by Gasteiger charge is 2.18. The second-order valence-corrected chi connectivity index (χ2v) is 5.57. The lowest BCUT2D eigenvalue weighted by molar-refractivity contribution is -0.118. The molecule has 2 aromatic rings. The third-order valence-corrected chi connectivity index (χ3v) is 4.02. The normalized spacial score (nSPS) is 16.3. The molecular formula is C19H21N3O. The maximum atomic E-state index is 12.4. The van der Waals surface area contributed by atoms with E-state index < -0.39 is 0 Å². The molecule has 0 spiro atoms. The fraction of sp³-hybridized carbons (Fsp3) is 0.263. The van der Waals surface area contributed by atoms with Crippen molar-refractivity contribution in [1.29, 1.82) is 0 Å². The minimum atomic E-state index is 0.110. The Labute approximate surface area is 136 Å². The molecule has 0 fully saturated rings. The molecule has 0 atom stereocenters. The van der Waals surface area contributed by atoms with Crippen molar-refractivity contribution in [2.75, 3.05) is 31.6 Å². The van der Waals surface area contributed by atoms with Crippen molar-refractivity contribution in [1.82, 2.24) is 5.32 Å². The van der Waals surface area contributed by atoms with E-state index in [0.717, 1.165) is 29.1 Å². The molecule has 0 aliphatic carbocycles. The lowest BCUT2D eigenvalue weighted by atomic mass is 10.00. The summed E-state index contributed by atoms with van der Waals surface area (Å²) in [7, 11) is 1.83. The van der Waals surface area contributed by atoms with E-state index in [1.165, 1.54) is 0 Å². The van der Waals surface area contributed by atoms with E-state index in [9.17, 15) is 4.79 Å². The molecule has 0 radical (unpaired) electrons. The molecule has 1 amide bonds. The maximum absolute atomic E-state index is 12.4. The quantitative estimate of drug-likeness (QED) is 0.879. The van der Waals surface area contributed by atoms with Gasteiger partial charge in [0.1, 0.15) is 0 Å². The Balaban J connectivity index is 2.13. The number of nitrogens with zero attached hydrogens (tertiary/aromatic N) is 2. The van der Waals surface area contributed by atoms with Gasteiger partial charge < -0.3 is 10.2 Å². The van der Waals surface area contributed by atoms with E-state index in [2.05, 4.69) is 17.4 Å². The number of carbonyl (C=O) groups is 1. The number of anilines is 1. The number of aliphatic imine (C=N–C) groups is 1. The van der Waals surface area contributed by atoms with Gasteiger partial charge in [-0.1, -0.05) is 48.5 Å². The fourth-order valence-electron chi connectivity index (χ4n) is 2.76. The lowest BCUT2D eigenvalue weighted by Gasteiger charge is -2.21. The first kappa shape index (κ1) is 15.4. The highest BCUT2D eigenvalue weighted by atomic mass is 16.2. The summed E-state index contributed by atoms with van der Waals surface area (Å²) in [6.07, 6.45) is 0.492. The first-order valence-corrected chi connectivity index (χ1v) is 7.94. The van der Waals surface area contributed by atoms with Crippen LogP contribution >= 0.6 is 0 Å². The number of para-hydroxylation sites is 1. The first-order valence-electron chi connectivity index (χ1n) is 7.94. The van der Waals surface area contributed by atoms with E-state index >= 15 is 0 Å². The van der Waals surface area contributed by atoms with Gasteiger partial charge in [0.25, 0.3) is 0 Å². The topological polar surface area (TPSA) is 44.7 Å². The first-order chi connectivity index (χ1) is 11.3. The second-order valence-electron chi connectivity index (χ2n) is 5.57. The van der Waals surface area contributed by atoms with Crippen LogP contribution in [0.5, 0.6) is 0 Å². The SMILES string of the molecule is CN1C(=O)CCNCCN=C(c2ccccc2)c2ccccc21. The molecular weight excluding hydrogens is 286 g/mol. The molecule has 0 saturated heterocycles. The van der Waals surface area contributed by atoms with Gasteiger partial charge in [-0.2, -0.15) is 0 Å². The van der Waals surface area contributed by atoms with E-state index in [-0.39, 0.29) is 5.91 Å². The summed E-state index contributed by atoms with van der Waals surface area (Å²) >= 11 is 0. The molecule has 1 aliphatic heterocycles. The van der Waals surface area contributed by atoms with Crippen LogP contribution in [0.2, 0.25) is 0 Å². The van der Waals surface area contributed by atoms with Gasteiger partial charge in [0, 0.05) is 37.7 Å². The van der Waals surface area contributed by atoms with Crippen molar-refractivity contribution in [2.45, 2.75) is 6.42 Å². The number of nitrogens with one attached hydrogen (secondary N) is 1. The van der Waals surface area contributed by atoms with Gasteiger partial charge in [0.15, 0.2) is 0 Å². The molecule has 0 bridgehead atoms. The van der Waals surface area contributed by atoms with Crippen LogP contribution in [0.1, 0.15) is 17.5 Å². The van der Waals surface area contributed by atoms with Crippen LogP contribution in [0.3, 0.4) is 0 Å². The van der Waals surface area contributed by atoms with Crippen molar-refractivity contribution in [3.63, 3.8) is 0 Å². The largest absolute Gasteiger partial charge is 0.315 e. The number of hydrogen-bond donors (Lipinski definition) is 1. The molecule has 4 nitrogen and oxygen atoms in total. The summed E-state index contributed by atoms with van der Waals surface area (Å²) < 4.78 is 0. The van der Waals surface area contributed by atoms with Crippen molar-refractivity contribution in [3.8, 4) is 0 Å². The molecule has 4 heteroatoms. The van der Waals surface area contributed by atoms with Gasteiger partial charge in [-0.3, -0.25) is 9.79 Å². The number of fused-ring (bicyclic) bond motifs is 1. The van der Waals surface area contributed by atoms with Gasteiger partial charge in [-0.05, 0) is 6.07 Å². The van der Waals surface area contributed by atoms with E-state index in [0.29, 0.717) is 19.5 Å². The molecule has 0 aromatic heterocycles. The van der Waals surface area contributed by atoms with E-state index in [1.807, 2.05) is 49.5 Å². The van der Waals surface area contributed by atoms with Gasteiger partial charge in [-0.15, -0.1) is 0 Å². The Bertz CT molecular complexity index is 710. The van der Waals surface area contributed by atoms with Crippen LogP contribution in [-0.2, 0) is 4.79 Å². The molecule has 1 aliphatic rings. The minimum Gasteiger partial charge on any atom is -0.315 e. The average Bonchev–Trinajstić information content (AvgIpc) is 2.63. The Hall–Kier alpha value is -2.46. The zero-order valence-corrected chi connectivity index (χ0v) is 13.3. The molecule has 118 valence electrons. The van der Waals surface area contributed by atoms with Crippen molar-refractivity contribution in [2.24, 2.45) is 4.99 Å². The minimum absolute atomic E-state index is 0.110. The van der Waals surface area contributed by atoms with Crippen molar-refractivity contribution in [3.05, 3.63) is 65.7 Å². The fourth-order valence-corrected chi connectivity index (χ4v) is 2.76. The summed E-state index contributed by atoms with van der Waals surface area (Å²) in [4.78, 5) is 18.9. The monoisotopic (exact) mass is 307 g/mol. The maximum Gasteiger partial charge on any atom is 0.228 e. The Kier molecular flexibility index (Phi) is 4.83. The van der Waals surface area contributed by atoms with Crippen LogP contribution in [0.25, 0.3) is 0 Å². The highest BCUT2D eigenvalue weighted by Crippen LogP contribution is 2.24. The molecule has 3 rings (SSSR count). The predicted molar refractivity (Wildman–Crippen MR) is 94.3 cm³/mol. The Morgan fingerprint density at radius 2 is 1.74 bits per heavy atom. The number of amides is 1. The summed E-state index contributed by atoms with van der Waals surface area (Å²) in [6.45, 7) is 2.15. The third-order valence-electron chi connectivity index (χ3n) is 4.02. The Morgan fingerprint density at radius 1 is 1.00 bits per heavy atom. The third kappa shape index (κ3) is 3.48. The number of carbonyl (C=O) groups excluding carboxylic acids is 1. The molecule has 1 heterocycles. The van der Waals surface area contributed by atoms with Crippen LogP contribution in [0, 0.1) is 0 Å². The van der Waals surface area contributed by atoms with Gasteiger partial charge in [0.2, 0.25) is 5.91 Å². The van der Waals surface area contributed by atoms with Crippen molar-refractivity contribution < 1.29 is 4.79 Å². The molecule has 0 saturated carbocycles. The molecule has 23 heavy (non-hydrogen) atoms. The number of hydrogen-bond acceptors (Lipinski definition) is 3. The standard InChI is InChI=1S/C19H21N3O/c1-22-17-10-6-5-9-16(17)19(15-7-3-2-4-8-15)21-14-13-20-12-11-18(22)23/h2-10,20H,11-14H2,1H3. The summed E-state index contributed by atoms with van der Waals surface area (Å²) in [5.74, 6) is 0.110. The molecule has 2 aromatic carbocycles. The zero-order chi connectivity index (χ0) is 16.1. The summed E-state index contributed by atoms with van der Waals surface area (Å²) in [6, 6.07) is 18.1. The summed E-state index contributed by atoms with van der Waals surface area (Å²) in [5, 5.41) is 3.28. The predicted octanol–water partition coefficient (Wildman–Crippen LogP) is 2.48. The highest BCUT2D eigenvalue weighted by molar-refractivity contribution is 6.17. The van der Waals surface area contributed by atoms with Crippen LogP contribution in [0.4, 0.5) is 5.69 Å².